The Kier molecular flexibility index (Phi) is 7.09. The molecular weight excluding hydrogens is 472 g/mol. The van der Waals surface area contributed by atoms with Crippen LogP contribution >= 0.6 is 22.7 Å². The standard InChI is InChI=1S/C24H30N4O4S2/c1-11-3-5-13-15(9-11)33-23(19(13)21(25)31)27-17(29)7-8-18(30)28-24-20(22(26)32)14-6-4-12(2)10-16(14)34-24/h11-12H,3-10H2,1-2H3,(H2,25,31)(H2,26,32)(H,27,29)(H,28,30)/t11-,12-/m1/s1. The maximum Gasteiger partial charge on any atom is 0.251 e. The number of nitrogens with one attached hydrogen (secondary N) is 2. The van der Waals surface area contributed by atoms with E-state index in [9.17, 15) is 19.2 Å². The van der Waals surface area contributed by atoms with E-state index in [0.29, 0.717) is 33.0 Å². The molecule has 0 bridgehead atoms. The number of amides is 4. The second kappa shape index (κ2) is 9.87. The third kappa shape index (κ3) is 5.02. The summed E-state index contributed by atoms with van der Waals surface area (Å²) in [7, 11) is 0. The predicted octanol–water partition coefficient (Wildman–Crippen LogP) is 3.61. The van der Waals surface area contributed by atoms with Crippen LogP contribution < -0.4 is 22.1 Å². The van der Waals surface area contributed by atoms with Gasteiger partial charge in [-0.15, -0.1) is 22.7 Å². The van der Waals surface area contributed by atoms with Crippen molar-refractivity contribution in [2.24, 2.45) is 23.3 Å². The zero-order chi connectivity index (χ0) is 24.6. The number of nitrogens with two attached hydrogens (primary N) is 2. The number of fused-ring (bicyclic) bond motifs is 2. The van der Waals surface area contributed by atoms with Crippen LogP contribution in [0.25, 0.3) is 0 Å². The molecule has 2 aromatic rings. The first-order valence-corrected chi connectivity index (χ1v) is 13.3. The van der Waals surface area contributed by atoms with Crippen molar-refractivity contribution in [1.29, 1.82) is 0 Å². The highest BCUT2D eigenvalue weighted by Crippen LogP contribution is 2.40. The number of carbonyl (C=O) groups excluding carboxylic acids is 4. The molecule has 2 heterocycles. The molecule has 8 nitrogen and oxygen atoms in total. The van der Waals surface area contributed by atoms with Crippen molar-refractivity contribution in [3.05, 3.63) is 32.0 Å². The minimum absolute atomic E-state index is 0.0585. The number of thiophene rings is 2. The summed E-state index contributed by atoms with van der Waals surface area (Å²) in [6.45, 7) is 4.33. The lowest BCUT2D eigenvalue weighted by Gasteiger charge is -2.18. The van der Waals surface area contributed by atoms with E-state index in [2.05, 4.69) is 24.5 Å². The van der Waals surface area contributed by atoms with Gasteiger partial charge in [-0.3, -0.25) is 19.2 Å². The Morgan fingerprint density at radius 3 is 1.50 bits per heavy atom. The number of hydrogen-bond donors (Lipinski definition) is 4. The average molecular weight is 503 g/mol. The summed E-state index contributed by atoms with van der Waals surface area (Å²) < 4.78 is 0. The van der Waals surface area contributed by atoms with Gasteiger partial charge in [0.25, 0.3) is 11.8 Å². The fourth-order valence-electron chi connectivity index (χ4n) is 4.80. The maximum absolute atomic E-state index is 12.6. The van der Waals surface area contributed by atoms with E-state index in [-0.39, 0.29) is 24.7 Å². The third-order valence-corrected chi connectivity index (χ3v) is 8.94. The van der Waals surface area contributed by atoms with Crippen molar-refractivity contribution in [3.63, 3.8) is 0 Å². The predicted molar refractivity (Wildman–Crippen MR) is 135 cm³/mol. The van der Waals surface area contributed by atoms with Gasteiger partial charge in [-0.2, -0.15) is 0 Å². The zero-order valence-electron chi connectivity index (χ0n) is 19.4. The number of anilines is 2. The number of hydrogen-bond acceptors (Lipinski definition) is 6. The maximum atomic E-state index is 12.6. The molecule has 0 saturated heterocycles. The first kappa shape index (κ1) is 24.4. The van der Waals surface area contributed by atoms with Crippen molar-refractivity contribution >= 4 is 56.3 Å². The number of primary amides is 2. The van der Waals surface area contributed by atoms with Gasteiger partial charge in [-0.05, 0) is 61.5 Å². The number of carbonyl (C=O) groups is 4. The fraction of sp³-hybridized carbons (Fsp3) is 0.500. The monoisotopic (exact) mass is 502 g/mol. The summed E-state index contributed by atoms with van der Waals surface area (Å²) in [6.07, 6.45) is 5.12. The van der Waals surface area contributed by atoms with Gasteiger partial charge in [-0.1, -0.05) is 13.8 Å². The normalized spacial score (nSPS) is 19.1. The second-order valence-electron chi connectivity index (χ2n) is 9.44. The molecule has 6 N–H and O–H groups in total. The van der Waals surface area contributed by atoms with Crippen LogP contribution in [0.3, 0.4) is 0 Å². The fourth-order valence-corrected chi connectivity index (χ4v) is 7.67. The molecule has 0 saturated carbocycles. The van der Waals surface area contributed by atoms with Crippen molar-refractivity contribution in [3.8, 4) is 0 Å². The molecule has 10 heteroatoms. The van der Waals surface area contributed by atoms with E-state index in [4.69, 9.17) is 11.5 Å². The molecule has 0 aromatic carbocycles. The second-order valence-corrected chi connectivity index (χ2v) is 11.6. The van der Waals surface area contributed by atoms with Gasteiger partial charge in [0.1, 0.15) is 10.0 Å². The Hall–Kier alpha value is -2.72. The minimum Gasteiger partial charge on any atom is -0.365 e. The SMILES string of the molecule is C[C@@H]1CCc2c(sc(NC(=O)CCC(=O)Nc3sc4c(c3C(N)=O)CC[C@@H](C)C4)c2C(N)=O)C1. The van der Waals surface area contributed by atoms with Crippen molar-refractivity contribution in [2.75, 3.05) is 10.6 Å². The molecule has 0 aliphatic heterocycles. The summed E-state index contributed by atoms with van der Waals surface area (Å²) >= 11 is 2.79. The molecule has 2 aliphatic carbocycles. The van der Waals surface area contributed by atoms with E-state index in [1.165, 1.54) is 22.7 Å². The summed E-state index contributed by atoms with van der Waals surface area (Å²) in [5.41, 5.74) is 13.9. The molecule has 4 amide bonds. The van der Waals surface area contributed by atoms with Gasteiger partial charge in [0.05, 0.1) is 11.1 Å². The van der Waals surface area contributed by atoms with Crippen molar-refractivity contribution < 1.29 is 19.2 Å². The minimum atomic E-state index is -0.546. The van der Waals surface area contributed by atoms with Crippen LogP contribution in [0.15, 0.2) is 0 Å². The topological polar surface area (TPSA) is 144 Å². The highest BCUT2D eigenvalue weighted by atomic mass is 32.1. The van der Waals surface area contributed by atoms with E-state index < -0.39 is 11.8 Å². The summed E-state index contributed by atoms with van der Waals surface area (Å²) in [5.74, 6) is -0.770. The lowest BCUT2D eigenvalue weighted by Crippen LogP contribution is -2.21. The van der Waals surface area contributed by atoms with Gasteiger partial charge in [0.2, 0.25) is 11.8 Å². The molecule has 182 valence electrons. The molecular formula is C24H30N4O4S2. The summed E-state index contributed by atoms with van der Waals surface area (Å²) in [4.78, 5) is 51.5. The Labute approximate surface area is 206 Å². The molecule has 0 fully saturated rings. The van der Waals surface area contributed by atoms with E-state index in [1.54, 1.807) is 0 Å². The largest absolute Gasteiger partial charge is 0.365 e. The Bertz CT molecular complexity index is 1080. The molecule has 2 aromatic heterocycles. The first-order valence-electron chi connectivity index (χ1n) is 11.6. The van der Waals surface area contributed by atoms with Gasteiger partial charge in [0, 0.05) is 22.6 Å². The molecule has 34 heavy (non-hydrogen) atoms. The van der Waals surface area contributed by atoms with E-state index in [0.717, 1.165) is 59.4 Å². The highest BCUT2D eigenvalue weighted by Gasteiger charge is 2.29. The first-order chi connectivity index (χ1) is 16.1. The van der Waals surface area contributed by atoms with Crippen LogP contribution in [0.5, 0.6) is 0 Å². The quantitative estimate of drug-likeness (QED) is 0.458. The smallest absolute Gasteiger partial charge is 0.251 e. The van der Waals surface area contributed by atoms with Crippen LogP contribution in [0, 0.1) is 11.8 Å². The van der Waals surface area contributed by atoms with E-state index >= 15 is 0 Å². The van der Waals surface area contributed by atoms with Crippen LogP contribution in [0.2, 0.25) is 0 Å². The van der Waals surface area contributed by atoms with Crippen LogP contribution in [-0.4, -0.2) is 23.6 Å². The molecule has 4 rings (SSSR count). The highest BCUT2D eigenvalue weighted by molar-refractivity contribution is 7.17. The Morgan fingerprint density at radius 1 is 0.765 bits per heavy atom. The molecule has 0 unspecified atom stereocenters. The van der Waals surface area contributed by atoms with Crippen LogP contribution in [0.4, 0.5) is 10.0 Å². The lowest BCUT2D eigenvalue weighted by atomic mass is 9.88. The van der Waals surface area contributed by atoms with E-state index in [1.807, 2.05) is 0 Å². The molecule has 2 atom stereocenters. The summed E-state index contributed by atoms with van der Waals surface area (Å²) in [5, 5.41) is 6.50. The Morgan fingerprint density at radius 2 is 1.15 bits per heavy atom. The molecule has 0 radical (unpaired) electrons. The third-order valence-electron chi connectivity index (χ3n) is 6.60. The lowest BCUT2D eigenvalue weighted by molar-refractivity contribution is -0.121. The summed E-state index contributed by atoms with van der Waals surface area (Å²) in [6, 6.07) is 0. The van der Waals surface area contributed by atoms with Gasteiger partial charge < -0.3 is 22.1 Å². The Balaban J connectivity index is 1.40. The zero-order valence-corrected chi connectivity index (χ0v) is 21.0. The van der Waals surface area contributed by atoms with Gasteiger partial charge >= 0.3 is 0 Å². The van der Waals surface area contributed by atoms with Crippen molar-refractivity contribution in [1.82, 2.24) is 0 Å². The van der Waals surface area contributed by atoms with Crippen LogP contribution in [-0.2, 0) is 35.3 Å². The van der Waals surface area contributed by atoms with Crippen LogP contribution in [0.1, 0.15) is 81.1 Å². The van der Waals surface area contributed by atoms with Gasteiger partial charge in [0.15, 0.2) is 0 Å². The molecule has 2 aliphatic rings. The van der Waals surface area contributed by atoms with Crippen molar-refractivity contribution in [2.45, 2.75) is 65.2 Å². The van der Waals surface area contributed by atoms with Gasteiger partial charge in [-0.25, -0.2) is 0 Å². The average Bonchev–Trinajstić information content (AvgIpc) is 3.28. The number of rotatable bonds is 7. The molecule has 0 spiro atoms.